The minimum atomic E-state index is -5.13. The minimum Gasteiger partial charge on any atom is -0.351 e. The standard InChI is InChI=1S/C32H38F9N3O4S/c1-2-3-4-5-6-7-15-49(47,48)44-14-13-43(28(45)12-11-22-9-8-10-24(16-22)30(33,34)35)21-27(44)29(46)42-20-23-17-25(31(36,37)38)19-26(18-23)32(39,40)41/h8-10,16-19,27H,2-7,11-15,20-21H2,1H3,(H,42,46). The predicted molar refractivity (Wildman–Crippen MR) is 162 cm³/mol. The fourth-order valence-corrected chi connectivity index (χ4v) is 7.18. The maximum Gasteiger partial charge on any atom is 0.416 e. The number of halogens is 9. The molecule has 7 nitrogen and oxygen atoms in total. The summed E-state index contributed by atoms with van der Waals surface area (Å²) in [6.45, 7) is 0.251. The van der Waals surface area contributed by atoms with Crippen LogP contribution in [0, 0.1) is 0 Å². The molecule has 17 heteroatoms. The van der Waals surface area contributed by atoms with E-state index in [0.29, 0.717) is 18.6 Å². The zero-order chi connectivity index (χ0) is 36.6. The Hall–Kier alpha value is -3.34. The Kier molecular flexibility index (Phi) is 13.6. The predicted octanol–water partition coefficient (Wildman–Crippen LogP) is 7.20. The fourth-order valence-electron chi connectivity index (χ4n) is 5.46. The fraction of sp³-hybridized carbons (Fsp3) is 0.562. The van der Waals surface area contributed by atoms with Crippen LogP contribution in [0.4, 0.5) is 39.5 Å². The van der Waals surface area contributed by atoms with Gasteiger partial charge in [-0.2, -0.15) is 43.8 Å². The van der Waals surface area contributed by atoms with Crippen molar-refractivity contribution in [2.75, 3.05) is 25.4 Å². The number of sulfonamides is 1. The number of carbonyl (C=O) groups is 2. The second-order valence-corrected chi connectivity index (χ2v) is 13.9. The molecule has 0 radical (unpaired) electrons. The third kappa shape index (κ3) is 11.9. The van der Waals surface area contributed by atoms with Crippen LogP contribution in [0.3, 0.4) is 0 Å². The van der Waals surface area contributed by atoms with E-state index in [0.717, 1.165) is 42.1 Å². The van der Waals surface area contributed by atoms with E-state index in [2.05, 4.69) is 5.32 Å². The van der Waals surface area contributed by atoms with Crippen molar-refractivity contribution in [1.29, 1.82) is 0 Å². The molecule has 0 saturated carbocycles. The molecule has 1 unspecified atom stereocenters. The Balaban J connectivity index is 1.79. The molecule has 1 atom stereocenters. The van der Waals surface area contributed by atoms with Crippen LogP contribution in [0.15, 0.2) is 42.5 Å². The largest absolute Gasteiger partial charge is 0.416 e. The number of unbranched alkanes of at least 4 members (excludes halogenated alkanes) is 5. The smallest absolute Gasteiger partial charge is 0.351 e. The molecule has 1 fully saturated rings. The molecule has 2 amide bonds. The van der Waals surface area contributed by atoms with Gasteiger partial charge in [0.1, 0.15) is 6.04 Å². The summed E-state index contributed by atoms with van der Waals surface area (Å²) in [5.41, 5.74) is -4.41. The van der Waals surface area contributed by atoms with Gasteiger partial charge in [0.05, 0.1) is 22.4 Å². The van der Waals surface area contributed by atoms with Gasteiger partial charge in [-0.3, -0.25) is 9.59 Å². The second-order valence-electron chi connectivity index (χ2n) is 11.9. The number of benzene rings is 2. The summed E-state index contributed by atoms with van der Waals surface area (Å²) in [4.78, 5) is 27.7. The molecule has 0 aliphatic carbocycles. The van der Waals surface area contributed by atoms with E-state index in [1.165, 1.54) is 17.0 Å². The summed E-state index contributed by atoms with van der Waals surface area (Å²) in [7, 11) is -4.10. The first kappa shape index (κ1) is 40.1. The monoisotopic (exact) mass is 731 g/mol. The van der Waals surface area contributed by atoms with Crippen LogP contribution in [-0.2, 0) is 51.1 Å². The van der Waals surface area contributed by atoms with Gasteiger partial charge in [-0.25, -0.2) is 8.42 Å². The van der Waals surface area contributed by atoms with Crippen LogP contribution in [0.5, 0.6) is 0 Å². The second kappa shape index (κ2) is 16.6. The highest BCUT2D eigenvalue weighted by atomic mass is 32.2. The third-order valence-corrected chi connectivity index (χ3v) is 10.1. The zero-order valence-electron chi connectivity index (χ0n) is 26.6. The van der Waals surface area contributed by atoms with Gasteiger partial charge in [0.15, 0.2) is 0 Å². The summed E-state index contributed by atoms with van der Waals surface area (Å²) in [6, 6.07) is 3.62. The number of aryl methyl sites for hydroxylation is 1. The van der Waals surface area contributed by atoms with Crippen LogP contribution in [0.25, 0.3) is 0 Å². The number of rotatable bonds is 14. The van der Waals surface area contributed by atoms with Crippen LogP contribution >= 0.6 is 0 Å². The molecule has 1 saturated heterocycles. The maximum atomic E-state index is 13.4. The van der Waals surface area contributed by atoms with Crippen molar-refractivity contribution in [2.24, 2.45) is 0 Å². The Labute approximate surface area is 278 Å². The van der Waals surface area contributed by atoms with Crippen molar-refractivity contribution in [1.82, 2.24) is 14.5 Å². The average Bonchev–Trinajstić information content (AvgIpc) is 3.02. The van der Waals surface area contributed by atoms with Gasteiger partial charge >= 0.3 is 18.5 Å². The summed E-state index contributed by atoms with van der Waals surface area (Å²) in [5.74, 6) is -1.96. The summed E-state index contributed by atoms with van der Waals surface area (Å²) in [6.07, 6.45) is -10.7. The molecule has 1 heterocycles. The molecule has 0 bridgehead atoms. The third-order valence-electron chi connectivity index (χ3n) is 8.10. The van der Waals surface area contributed by atoms with E-state index in [4.69, 9.17) is 0 Å². The zero-order valence-corrected chi connectivity index (χ0v) is 27.5. The number of amides is 2. The Morgan fingerprint density at radius 1 is 0.776 bits per heavy atom. The first-order valence-electron chi connectivity index (χ1n) is 15.7. The van der Waals surface area contributed by atoms with Crippen LogP contribution < -0.4 is 5.32 Å². The van der Waals surface area contributed by atoms with E-state index in [9.17, 15) is 57.5 Å². The van der Waals surface area contributed by atoms with Crippen molar-refractivity contribution in [3.63, 3.8) is 0 Å². The highest BCUT2D eigenvalue weighted by molar-refractivity contribution is 7.89. The van der Waals surface area contributed by atoms with Gasteiger partial charge in [0, 0.05) is 32.6 Å². The topological polar surface area (TPSA) is 86.8 Å². The number of hydrogen-bond acceptors (Lipinski definition) is 4. The van der Waals surface area contributed by atoms with Crippen molar-refractivity contribution < 1.29 is 57.5 Å². The Bertz CT molecular complexity index is 1510. The maximum absolute atomic E-state index is 13.4. The van der Waals surface area contributed by atoms with Gasteiger partial charge in [0.2, 0.25) is 21.8 Å². The lowest BCUT2D eigenvalue weighted by atomic mass is 10.0. The molecule has 1 N–H and O–H groups in total. The van der Waals surface area contributed by atoms with E-state index in [1.807, 2.05) is 6.92 Å². The van der Waals surface area contributed by atoms with Crippen LogP contribution in [0.1, 0.15) is 79.7 Å². The quantitative estimate of drug-likeness (QED) is 0.165. The lowest BCUT2D eigenvalue weighted by molar-refractivity contribution is -0.143. The molecule has 2 aromatic rings. The summed E-state index contributed by atoms with van der Waals surface area (Å²) in [5, 5.41) is 2.23. The average molecular weight is 732 g/mol. The minimum absolute atomic E-state index is 0.0636. The first-order chi connectivity index (χ1) is 22.7. The summed E-state index contributed by atoms with van der Waals surface area (Å²) >= 11 is 0. The van der Waals surface area contributed by atoms with Gasteiger partial charge in [-0.05, 0) is 48.2 Å². The SMILES string of the molecule is CCCCCCCCS(=O)(=O)N1CCN(C(=O)CCc2cccc(C(F)(F)F)c2)CC1C(=O)NCc1cc(C(F)(F)F)cc(C(F)(F)F)c1. The van der Waals surface area contributed by atoms with Crippen LogP contribution in [0.2, 0.25) is 0 Å². The van der Waals surface area contributed by atoms with Crippen molar-refractivity contribution in [3.05, 3.63) is 70.3 Å². The van der Waals surface area contributed by atoms with Crippen molar-refractivity contribution in [2.45, 2.75) is 89.4 Å². The molecule has 0 aromatic heterocycles. The number of nitrogens with one attached hydrogen (secondary N) is 1. The molecular weight excluding hydrogens is 693 g/mol. The number of piperazine rings is 1. The molecular formula is C32H38F9N3O4S. The normalized spacial score (nSPS) is 16.5. The highest BCUT2D eigenvalue weighted by Crippen LogP contribution is 2.36. The molecule has 1 aliphatic rings. The van der Waals surface area contributed by atoms with Gasteiger partial charge < -0.3 is 10.2 Å². The Morgan fingerprint density at radius 2 is 1.35 bits per heavy atom. The number of nitrogens with zero attached hydrogens (tertiary/aromatic N) is 2. The Morgan fingerprint density at radius 3 is 1.94 bits per heavy atom. The number of carbonyl (C=O) groups excluding carboxylic acids is 2. The lowest BCUT2D eigenvalue weighted by Gasteiger charge is -2.39. The van der Waals surface area contributed by atoms with Crippen LogP contribution in [-0.4, -0.2) is 60.9 Å². The number of alkyl halides is 9. The van der Waals surface area contributed by atoms with E-state index in [-0.39, 0.29) is 49.7 Å². The van der Waals surface area contributed by atoms with E-state index >= 15 is 0 Å². The first-order valence-corrected chi connectivity index (χ1v) is 17.3. The molecule has 2 aromatic carbocycles. The van der Waals surface area contributed by atoms with Crippen molar-refractivity contribution in [3.8, 4) is 0 Å². The van der Waals surface area contributed by atoms with Gasteiger partial charge in [-0.15, -0.1) is 0 Å². The molecule has 3 rings (SSSR count). The highest BCUT2D eigenvalue weighted by Gasteiger charge is 2.41. The summed E-state index contributed by atoms with van der Waals surface area (Å²) < 4.78 is 147. The van der Waals surface area contributed by atoms with Gasteiger partial charge in [-0.1, -0.05) is 57.2 Å². The number of hydrogen-bond donors (Lipinski definition) is 1. The lowest BCUT2D eigenvalue weighted by Crippen LogP contribution is -2.61. The molecule has 1 aliphatic heterocycles. The molecule has 49 heavy (non-hydrogen) atoms. The van der Waals surface area contributed by atoms with Crippen molar-refractivity contribution >= 4 is 21.8 Å². The van der Waals surface area contributed by atoms with E-state index in [1.54, 1.807) is 0 Å². The molecule has 274 valence electrons. The van der Waals surface area contributed by atoms with Gasteiger partial charge in [0.25, 0.3) is 0 Å². The molecule has 0 spiro atoms. The van der Waals surface area contributed by atoms with E-state index < -0.39 is 81.8 Å².